The lowest BCUT2D eigenvalue weighted by atomic mass is 9.79. The van der Waals surface area contributed by atoms with Crippen molar-refractivity contribution in [2.45, 2.75) is 58.3 Å². The van der Waals surface area contributed by atoms with Crippen LogP contribution in [0.4, 0.5) is 0 Å². The Morgan fingerprint density at radius 2 is 1.79 bits per heavy atom. The lowest BCUT2D eigenvalue weighted by molar-refractivity contribution is -0.130. The lowest BCUT2D eigenvalue weighted by Gasteiger charge is -2.26. The van der Waals surface area contributed by atoms with E-state index in [0.29, 0.717) is 23.7 Å². The first-order valence-electron chi connectivity index (χ1n) is 10.7. The number of carbonyl (C=O) groups excluding carboxylic acids is 1. The number of aliphatic hydroxyl groups is 1. The average molecular weight is 393 g/mol. The zero-order valence-electron chi connectivity index (χ0n) is 17.6. The summed E-state index contributed by atoms with van der Waals surface area (Å²) in [5.74, 6) is 1.63. The van der Waals surface area contributed by atoms with Crippen molar-refractivity contribution in [1.29, 1.82) is 0 Å². The molecule has 3 rings (SSSR count). The van der Waals surface area contributed by atoms with E-state index < -0.39 is 5.97 Å². The molecule has 1 saturated carbocycles. The summed E-state index contributed by atoms with van der Waals surface area (Å²) in [5.41, 5.74) is 4.76. The summed E-state index contributed by atoms with van der Waals surface area (Å²) in [5, 5.41) is 9.10. The van der Waals surface area contributed by atoms with E-state index in [-0.39, 0.29) is 6.61 Å². The Hall–Kier alpha value is -2.39. The van der Waals surface area contributed by atoms with Gasteiger partial charge in [0.2, 0.25) is 0 Å². The minimum Gasteiger partial charge on any atom is -0.423 e. The average Bonchev–Trinajstić information content (AvgIpc) is 2.73. The number of ether oxygens (including phenoxy) is 1. The molecule has 0 spiro atoms. The number of benzene rings is 2. The Labute approximate surface area is 174 Å². The number of aryl methyl sites for hydroxylation is 1. The molecule has 0 bridgehead atoms. The first-order chi connectivity index (χ1) is 14.0. The zero-order valence-corrected chi connectivity index (χ0v) is 17.6. The molecule has 0 aliphatic heterocycles. The predicted molar refractivity (Wildman–Crippen MR) is 118 cm³/mol. The van der Waals surface area contributed by atoms with Gasteiger partial charge in [0.15, 0.2) is 0 Å². The number of aliphatic hydroxyl groups excluding tert-OH is 1. The van der Waals surface area contributed by atoms with Crippen LogP contribution in [0, 0.1) is 5.92 Å². The monoisotopic (exact) mass is 392 g/mol. The molecule has 0 amide bonds. The molecule has 0 atom stereocenters. The van der Waals surface area contributed by atoms with Crippen LogP contribution in [0.5, 0.6) is 5.75 Å². The van der Waals surface area contributed by atoms with Crippen LogP contribution in [-0.4, -0.2) is 17.7 Å². The van der Waals surface area contributed by atoms with E-state index in [0.717, 1.165) is 29.0 Å². The van der Waals surface area contributed by atoms with Crippen LogP contribution in [0.3, 0.4) is 0 Å². The number of esters is 1. The van der Waals surface area contributed by atoms with Gasteiger partial charge in [-0.25, -0.2) is 4.79 Å². The van der Waals surface area contributed by atoms with Gasteiger partial charge >= 0.3 is 5.97 Å². The van der Waals surface area contributed by atoms with Crippen LogP contribution in [-0.2, 0) is 11.2 Å². The van der Waals surface area contributed by atoms with Crippen molar-refractivity contribution < 1.29 is 14.6 Å². The van der Waals surface area contributed by atoms with Crippen LogP contribution < -0.4 is 4.74 Å². The lowest BCUT2D eigenvalue weighted by Crippen LogP contribution is -2.10. The molecule has 1 fully saturated rings. The van der Waals surface area contributed by atoms with Crippen molar-refractivity contribution in [3.8, 4) is 16.9 Å². The van der Waals surface area contributed by atoms with Gasteiger partial charge in [-0.2, -0.15) is 0 Å². The topological polar surface area (TPSA) is 46.5 Å². The summed E-state index contributed by atoms with van der Waals surface area (Å²) in [7, 11) is 0. The SMILES string of the molecule is C=C(C)C(=O)Oc1cc(CCCO)ccc1-c1ccc(C2CCC(C)CC2)cc1. The number of hydrogen-bond acceptors (Lipinski definition) is 3. The molecule has 2 aromatic rings. The Balaban J connectivity index is 1.85. The molecular formula is C26H32O3. The van der Waals surface area contributed by atoms with Gasteiger partial charge in [-0.05, 0) is 67.2 Å². The van der Waals surface area contributed by atoms with E-state index in [1.165, 1.54) is 31.2 Å². The Bertz CT molecular complexity index is 843. The molecule has 0 aromatic heterocycles. The quantitative estimate of drug-likeness (QED) is 0.354. The van der Waals surface area contributed by atoms with Gasteiger partial charge in [0.25, 0.3) is 0 Å². The summed E-state index contributed by atoms with van der Waals surface area (Å²) in [6.07, 6.45) is 6.57. The molecule has 2 aromatic carbocycles. The largest absolute Gasteiger partial charge is 0.423 e. The van der Waals surface area contributed by atoms with Gasteiger partial charge in [0, 0.05) is 17.7 Å². The summed E-state index contributed by atoms with van der Waals surface area (Å²) >= 11 is 0. The molecule has 0 heterocycles. The molecule has 1 aliphatic carbocycles. The van der Waals surface area contributed by atoms with Crippen molar-refractivity contribution in [2.75, 3.05) is 6.61 Å². The molecule has 1 aliphatic rings. The molecule has 0 unspecified atom stereocenters. The normalized spacial score (nSPS) is 19.0. The Morgan fingerprint density at radius 1 is 1.10 bits per heavy atom. The first kappa shape index (κ1) is 21.3. The first-order valence-corrected chi connectivity index (χ1v) is 10.7. The van der Waals surface area contributed by atoms with Gasteiger partial charge < -0.3 is 9.84 Å². The molecule has 29 heavy (non-hydrogen) atoms. The van der Waals surface area contributed by atoms with Crippen LogP contribution in [0.25, 0.3) is 11.1 Å². The minimum absolute atomic E-state index is 0.143. The van der Waals surface area contributed by atoms with Gasteiger partial charge in [-0.15, -0.1) is 0 Å². The third kappa shape index (κ3) is 5.57. The predicted octanol–water partition coefficient (Wildman–Crippen LogP) is 6.05. The van der Waals surface area contributed by atoms with E-state index in [1.54, 1.807) is 6.92 Å². The summed E-state index contributed by atoms with van der Waals surface area (Å²) in [4.78, 5) is 12.1. The van der Waals surface area contributed by atoms with Gasteiger partial charge in [0.1, 0.15) is 5.75 Å². The Morgan fingerprint density at radius 3 is 2.41 bits per heavy atom. The number of carbonyl (C=O) groups is 1. The van der Waals surface area contributed by atoms with E-state index in [1.807, 2.05) is 18.2 Å². The Kier molecular flexibility index (Phi) is 7.27. The highest BCUT2D eigenvalue weighted by molar-refractivity contribution is 5.90. The maximum absolute atomic E-state index is 12.1. The van der Waals surface area contributed by atoms with E-state index in [9.17, 15) is 4.79 Å². The number of rotatable bonds is 7. The van der Waals surface area contributed by atoms with Crippen molar-refractivity contribution in [2.24, 2.45) is 5.92 Å². The van der Waals surface area contributed by atoms with Crippen LogP contribution >= 0.6 is 0 Å². The molecule has 154 valence electrons. The van der Waals surface area contributed by atoms with E-state index >= 15 is 0 Å². The molecule has 3 heteroatoms. The number of hydrogen-bond donors (Lipinski definition) is 1. The van der Waals surface area contributed by atoms with Gasteiger partial charge in [0.05, 0.1) is 0 Å². The van der Waals surface area contributed by atoms with Crippen molar-refractivity contribution in [1.82, 2.24) is 0 Å². The van der Waals surface area contributed by atoms with Gasteiger partial charge in [-0.3, -0.25) is 0 Å². The molecule has 1 N–H and O–H groups in total. The fourth-order valence-electron chi connectivity index (χ4n) is 4.04. The van der Waals surface area contributed by atoms with Crippen LogP contribution in [0.2, 0.25) is 0 Å². The fraction of sp³-hybridized carbons (Fsp3) is 0.423. The highest BCUT2D eigenvalue weighted by Crippen LogP contribution is 2.37. The molecule has 0 radical (unpaired) electrons. The maximum Gasteiger partial charge on any atom is 0.338 e. The van der Waals surface area contributed by atoms with Crippen molar-refractivity contribution >= 4 is 5.97 Å². The highest BCUT2D eigenvalue weighted by Gasteiger charge is 2.20. The molecular weight excluding hydrogens is 360 g/mol. The second kappa shape index (κ2) is 9.89. The fourth-order valence-corrected chi connectivity index (χ4v) is 4.04. The second-order valence-corrected chi connectivity index (χ2v) is 8.41. The smallest absolute Gasteiger partial charge is 0.338 e. The standard InChI is InChI=1S/C26H32O3/c1-18(2)26(28)29-25-17-20(5-4-16-27)8-15-24(25)23-13-11-22(12-14-23)21-9-6-19(3)7-10-21/h8,11-15,17,19,21,27H,1,4-7,9-10,16H2,2-3H3. The third-order valence-electron chi connectivity index (χ3n) is 5.93. The summed E-state index contributed by atoms with van der Waals surface area (Å²) < 4.78 is 5.64. The molecule has 3 nitrogen and oxygen atoms in total. The summed E-state index contributed by atoms with van der Waals surface area (Å²) in [6.45, 7) is 7.82. The zero-order chi connectivity index (χ0) is 20.8. The van der Waals surface area contributed by atoms with Crippen molar-refractivity contribution in [3.63, 3.8) is 0 Å². The molecule has 0 saturated heterocycles. The summed E-state index contributed by atoms with van der Waals surface area (Å²) in [6, 6.07) is 14.7. The van der Waals surface area contributed by atoms with Crippen molar-refractivity contribution in [3.05, 3.63) is 65.7 Å². The van der Waals surface area contributed by atoms with Crippen LogP contribution in [0.15, 0.2) is 54.6 Å². The third-order valence-corrected chi connectivity index (χ3v) is 5.93. The van der Waals surface area contributed by atoms with Crippen LogP contribution in [0.1, 0.15) is 63.0 Å². The maximum atomic E-state index is 12.1. The minimum atomic E-state index is -0.418. The highest BCUT2D eigenvalue weighted by atomic mass is 16.5. The van der Waals surface area contributed by atoms with Gasteiger partial charge in [-0.1, -0.05) is 62.7 Å². The second-order valence-electron chi connectivity index (χ2n) is 8.41. The van der Waals surface area contributed by atoms with E-state index in [2.05, 4.69) is 37.8 Å². The van der Waals surface area contributed by atoms with E-state index in [4.69, 9.17) is 9.84 Å².